The minimum absolute atomic E-state index is 0.234. The van der Waals surface area contributed by atoms with Gasteiger partial charge in [-0.05, 0) is 29.0 Å². The minimum atomic E-state index is 0.234. The zero-order valence-electron chi connectivity index (χ0n) is 5.88. The minimum Gasteiger partial charge on any atom is -0.292 e. The van der Waals surface area contributed by atoms with Crippen molar-refractivity contribution < 1.29 is 4.79 Å². The first-order valence-electron chi connectivity index (χ1n) is 3.53. The molecule has 1 aliphatic rings. The van der Waals surface area contributed by atoms with E-state index in [9.17, 15) is 4.79 Å². The van der Waals surface area contributed by atoms with Gasteiger partial charge in [0.15, 0.2) is 5.78 Å². The molecule has 0 amide bonds. The molecule has 0 aromatic carbocycles. The summed E-state index contributed by atoms with van der Waals surface area (Å²) in [6.45, 7) is 0.893. The summed E-state index contributed by atoms with van der Waals surface area (Å²) < 4.78 is 2.78. The van der Waals surface area contributed by atoms with Gasteiger partial charge in [-0.3, -0.25) is 9.48 Å². The van der Waals surface area contributed by atoms with Crippen LogP contribution in [-0.4, -0.2) is 15.6 Å². The molecule has 0 radical (unpaired) electrons. The smallest absolute Gasteiger partial charge is 0.182 e. The van der Waals surface area contributed by atoms with Crippen molar-refractivity contribution in [1.82, 2.24) is 9.78 Å². The molecule has 0 aliphatic carbocycles. The van der Waals surface area contributed by atoms with Gasteiger partial charge in [0.2, 0.25) is 0 Å². The molecule has 4 heteroatoms. The predicted octanol–water partition coefficient (Wildman–Crippen LogP) is 1.46. The number of carbonyl (C=O) groups excluding carboxylic acids is 1. The summed E-state index contributed by atoms with van der Waals surface area (Å²) in [5.41, 5.74) is 0.803. The maximum absolute atomic E-state index is 11.3. The van der Waals surface area contributed by atoms with Gasteiger partial charge in [-0.15, -0.1) is 0 Å². The number of fused-ring (bicyclic) bond motifs is 1. The summed E-state index contributed by atoms with van der Waals surface area (Å²) in [7, 11) is 0. The van der Waals surface area contributed by atoms with E-state index >= 15 is 0 Å². The molecule has 2 rings (SSSR count). The number of aryl methyl sites for hydroxylation is 1. The van der Waals surface area contributed by atoms with Gasteiger partial charge in [-0.2, -0.15) is 5.10 Å². The van der Waals surface area contributed by atoms with Crippen LogP contribution in [0.25, 0.3) is 0 Å². The highest BCUT2D eigenvalue weighted by molar-refractivity contribution is 14.1. The molecule has 0 spiro atoms. The Bertz CT molecular complexity index is 305. The number of Topliss-reactive ketones (excluding diaryl/α,β-unsaturated/α-hetero) is 1. The molecule has 0 saturated heterocycles. The highest BCUT2D eigenvalue weighted by Crippen LogP contribution is 2.18. The molecule has 2 heterocycles. The van der Waals surface area contributed by atoms with Crippen LogP contribution in [0.2, 0.25) is 0 Å². The predicted molar refractivity (Wildman–Crippen MR) is 48.5 cm³/mol. The Morgan fingerprint density at radius 3 is 3.18 bits per heavy atom. The van der Waals surface area contributed by atoms with Gasteiger partial charge in [0.05, 0.1) is 9.77 Å². The van der Waals surface area contributed by atoms with Gasteiger partial charge in [0, 0.05) is 13.0 Å². The summed E-state index contributed by atoms with van der Waals surface area (Å²) in [5.74, 6) is 0.234. The van der Waals surface area contributed by atoms with E-state index in [0.717, 1.165) is 22.2 Å². The van der Waals surface area contributed by atoms with E-state index in [1.165, 1.54) is 0 Å². The second-order valence-corrected chi connectivity index (χ2v) is 3.75. The number of aromatic nitrogens is 2. The Labute approximate surface area is 77.9 Å². The normalized spacial score (nSPS) is 16.6. The summed E-state index contributed by atoms with van der Waals surface area (Å²) in [5, 5.41) is 4.10. The van der Waals surface area contributed by atoms with Crippen LogP contribution >= 0.6 is 22.6 Å². The third-order valence-electron chi connectivity index (χ3n) is 1.83. The highest BCUT2D eigenvalue weighted by atomic mass is 127. The molecule has 0 bridgehead atoms. The van der Waals surface area contributed by atoms with Crippen LogP contribution < -0.4 is 0 Å². The standard InChI is InChI=1S/C7H7IN2O/c8-5-4-9-10-3-1-2-6(11)7(5)10/h4H,1-3H2. The number of rotatable bonds is 0. The van der Waals surface area contributed by atoms with E-state index in [2.05, 4.69) is 27.7 Å². The fraction of sp³-hybridized carbons (Fsp3) is 0.429. The molecule has 0 fully saturated rings. The third-order valence-corrected chi connectivity index (χ3v) is 2.62. The van der Waals surface area contributed by atoms with Crippen LogP contribution in [0.4, 0.5) is 0 Å². The van der Waals surface area contributed by atoms with Gasteiger partial charge in [0.25, 0.3) is 0 Å². The fourth-order valence-electron chi connectivity index (χ4n) is 1.32. The average Bonchev–Trinajstić information content (AvgIpc) is 2.34. The second kappa shape index (κ2) is 2.58. The summed E-state index contributed by atoms with van der Waals surface area (Å²) in [6, 6.07) is 0. The average molecular weight is 262 g/mol. The lowest BCUT2D eigenvalue weighted by Crippen LogP contribution is -2.17. The lowest BCUT2D eigenvalue weighted by atomic mass is 10.1. The van der Waals surface area contributed by atoms with Gasteiger partial charge in [0.1, 0.15) is 5.69 Å². The number of hydrogen-bond acceptors (Lipinski definition) is 2. The highest BCUT2D eigenvalue weighted by Gasteiger charge is 2.20. The zero-order valence-corrected chi connectivity index (χ0v) is 8.04. The van der Waals surface area contributed by atoms with Crippen molar-refractivity contribution in [2.24, 2.45) is 0 Å². The number of ketones is 1. The lowest BCUT2D eigenvalue weighted by Gasteiger charge is -2.11. The number of hydrogen-bond donors (Lipinski definition) is 0. The van der Waals surface area contributed by atoms with E-state index in [1.807, 2.05) is 0 Å². The Morgan fingerprint density at radius 2 is 2.45 bits per heavy atom. The molecule has 1 aromatic rings. The Kier molecular flexibility index (Phi) is 1.71. The molecule has 58 valence electrons. The van der Waals surface area contributed by atoms with Gasteiger partial charge >= 0.3 is 0 Å². The third kappa shape index (κ3) is 1.09. The zero-order chi connectivity index (χ0) is 7.84. The van der Waals surface area contributed by atoms with Crippen LogP contribution in [0.5, 0.6) is 0 Å². The Hall–Kier alpha value is -0.390. The quantitative estimate of drug-likeness (QED) is 0.663. The fourth-order valence-corrected chi connectivity index (χ4v) is 2.02. The Morgan fingerprint density at radius 1 is 1.64 bits per heavy atom. The van der Waals surface area contributed by atoms with Crippen molar-refractivity contribution in [3.63, 3.8) is 0 Å². The first kappa shape index (κ1) is 7.27. The summed E-state index contributed by atoms with van der Waals surface area (Å²) in [4.78, 5) is 11.3. The SMILES string of the molecule is O=C1CCCn2ncc(I)c21. The molecular formula is C7H7IN2O. The summed E-state index contributed by atoms with van der Waals surface area (Å²) in [6.07, 6.45) is 3.37. The van der Waals surface area contributed by atoms with Crippen molar-refractivity contribution in [2.45, 2.75) is 19.4 Å². The lowest BCUT2D eigenvalue weighted by molar-refractivity contribution is 0.0950. The van der Waals surface area contributed by atoms with E-state index in [-0.39, 0.29) is 5.78 Å². The van der Waals surface area contributed by atoms with E-state index in [1.54, 1.807) is 10.9 Å². The maximum Gasteiger partial charge on any atom is 0.182 e. The van der Waals surface area contributed by atoms with Crippen molar-refractivity contribution >= 4 is 28.4 Å². The molecule has 0 N–H and O–H groups in total. The van der Waals surface area contributed by atoms with Crippen molar-refractivity contribution in [3.05, 3.63) is 15.5 Å². The monoisotopic (exact) mass is 262 g/mol. The number of nitrogens with zero attached hydrogens (tertiary/aromatic N) is 2. The molecule has 1 aromatic heterocycles. The van der Waals surface area contributed by atoms with Crippen LogP contribution in [0.3, 0.4) is 0 Å². The van der Waals surface area contributed by atoms with Gasteiger partial charge in [-0.1, -0.05) is 0 Å². The molecule has 1 aliphatic heterocycles. The number of halogens is 1. The van der Waals surface area contributed by atoms with E-state index in [0.29, 0.717) is 6.42 Å². The molecule has 0 saturated carbocycles. The molecular weight excluding hydrogens is 255 g/mol. The van der Waals surface area contributed by atoms with Crippen molar-refractivity contribution in [2.75, 3.05) is 0 Å². The first-order chi connectivity index (χ1) is 5.29. The summed E-state index contributed by atoms with van der Waals surface area (Å²) >= 11 is 2.15. The Balaban J connectivity index is 2.56. The van der Waals surface area contributed by atoms with E-state index in [4.69, 9.17) is 0 Å². The van der Waals surface area contributed by atoms with Crippen molar-refractivity contribution in [3.8, 4) is 0 Å². The van der Waals surface area contributed by atoms with Gasteiger partial charge in [-0.25, -0.2) is 0 Å². The largest absolute Gasteiger partial charge is 0.292 e. The maximum atomic E-state index is 11.3. The molecule has 11 heavy (non-hydrogen) atoms. The topological polar surface area (TPSA) is 34.9 Å². The van der Waals surface area contributed by atoms with Crippen molar-refractivity contribution in [1.29, 1.82) is 0 Å². The van der Waals surface area contributed by atoms with Crippen LogP contribution in [0, 0.1) is 3.57 Å². The van der Waals surface area contributed by atoms with Gasteiger partial charge < -0.3 is 0 Å². The van der Waals surface area contributed by atoms with Crippen LogP contribution in [0.15, 0.2) is 6.20 Å². The molecule has 3 nitrogen and oxygen atoms in total. The van der Waals surface area contributed by atoms with Crippen LogP contribution in [-0.2, 0) is 6.54 Å². The van der Waals surface area contributed by atoms with Crippen LogP contribution in [0.1, 0.15) is 23.3 Å². The second-order valence-electron chi connectivity index (χ2n) is 2.59. The molecule has 0 atom stereocenters. The number of carbonyl (C=O) groups is 1. The molecule has 0 unspecified atom stereocenters. The van der Waals surface area contributed by atoms with E-state index < -0.39 is 0 Å². The first-order valence-corrected chi connectivity index (χ1v) is 4.61.